The van der Waals surface area contributed by atoms with Crippen LogP contribution in [0, 0.1) is 25.2 Å². The summed E-state index contributed by atoms with van der Waals surface area (Å²) in [5.74, 6) is -1.42. The number of Topliss-reactive ketones (excluding diaryl/α,β-unsaturated/α-hetero) is 1. The maximum absolute atomic E-state index is 13.3. The molecule has 1 heterocycles. The number of aromatic nitrogens is 2. The number of nitriles is 1. The van der Waals surface area contributed by atoms with Crippen LogP contribution in [0.25, 0.3) is 0 Å². The van der Waals surface area contributed by atoms with Gasteiger partial charge in [0.25, 0.3) is 11.7 Å². The summed E-state index contributed by atoms with van der Waals surface area (Å²) in [6, 6.07) is 16.0. The van der Waals surface area contributed by atoms with Gasteiger partial charge < -0.3 is 0 Å². The summed E-state index contributed by atoms with van der Waals surface area (Å²) in [4.78, 5) is 27.8. The lowest BCUT2D eigenvalue weighted by molar-refractivity contribution is -0.114. The van der Waals surface area contributed by atoms with E-state index < -0.39 is 11.7 Å². The van der Waals surface area contributed by atoms with Gasteiger partial charge in [-0.1, -0.05) is 41.9 Å². The zero-order valence-electron chi connectivity index (χ0n) is 16.3. The molecule has 0 aliphatic rings. The molecule has 3 rings (SSSR count). The fraction of sp³-hybridized carbons (Fsp3) is 0.182. The van der Waals surface area contributed by atoms with E-state index in [1.165, 1.54) is 17.0 Å². The van der Waals surface area contributed by atoms with E-state index in [4.69, 9.17) is 11.6 Å². The lowest BCUT2D eigenvalue weighted by Crippen LogP contribution is -2.37. The van der Waals surface area contributed by atoms with Gasteiger partial charge in [0, 0.05) is 17.8 Å². The number of hydrogen-bond donors (Lipinski definition) is 0. The third-order valence-electron chi connectivity index (χ3n) is 4.73. The topological polar surface area (TPSA) is 79.0 Å². The number of halogens is 1. The van der Waals surface area contributed by atoms with Crippen LogP contribution in [-0.4, -0.2) is 21.5 Å². The van der Waals surface area contributed by atoms with Crippen LogP contribution >= 0.6 is 11.6 Å². The third kappa shape index (κ3) is 4.05. The summed E-state index contributed by atoms with van der Waals surface area (Å²) in [6.07, 6.45) is 0. The molecule has 6 nitrogen and oxygen atoms in total. The number of carbonyl (C=O) groups excluding carboxylic acids is 2. The molecule has 0 saturated heterocycles. The van der Waals surface area contributed by atoms with Gasteiger partial charge in [-0.15, -0.1) is 0 Å². The number of rotatable bonds is 5. The van der Waals surface area contributed by atoms with E-state index in [1.54, 1.807) is 31.6 Å². The Morgan fingerprint density at radius 2 is 1.86 bits per heavy atom. The Hall–Kier alpha value is -3.43. The highest BCUT2D eigenvalue weighted by atomic mass is 35.5. The average molecular weight is 407 g/mol. The first-order chi connectivity index (χ1) is 13.8. The predicted octanol–water partition coefficient (Wildman–Crippen LogP) is 3.98. The van der Waals surface area contributed by atoms with Crippen LogP contribution < -0.4 is 4.90 Å². The summed E-state index contributed by atoms with van der Waals surface area (Å²) < 4.78 is 1.57. The fourth-order valence-corrected chi connectivity index (χ4v) is 3.35. The van der Waals surface area contributed by atoms with Crippen LogP contribution in [0.1, 0.15) is 32.9 Å². The third-order valence-corrected chi connectivity index (χ3v) is 4.97. The summed E-state index contributed by atoms with van der Waals surface area (Å²) in [6.45, 7) is 3.55. The van der Waals surface area contributed by atoms with E-state index in [-0.39, 0.29) is 17.7 Å². The summed E-state index contributed by atoms with van der Waals surface area (Å²) in [7, 11) is 1.72. The first-order valence-electron chi connectivity index (χ1n) is 8.93. The summed E-state index contributed by atoms with van der Waals surface area (Å²) in [5.41, 5.74) is 2.72. The van der Waals surface area contributed by atoms with Crippen molar-refractivity contribution >= 4 is 29.0 Å². The van der Waals surface area contributed by atoms with Gasteiger partial charge in [-0.3, -0.25) is 19.2 Å². The van der Waals surface area contributed by atoms with Gasteiger partial charge in [-0.2, -0.15) is 10.4 Å². The van der Waals surface area contributed by atoms with Crippen molar-refractivity contribution in [3.63, 3.8) is 0 Å². The Labute approximate surface area is 173 Å². The molecule has 0 fully saturated rings. The maximum atomic E-state index is 13.3. The van der Waals surface area contributed by atoms with Crippen molar-refractivity contribution in [2.75, 3.05) is 4.90 Å². The largest absolute Gasteiger partial charge is 0.300 e. The standard InChI is InChI=1S/C22H19ClN4O2/c1-14-20(15(2)26(3)25-14)21(28)22(29)27(13-16-7-5-4-6-8-16)19-11-18(23)10-9-17(19)12-24/h4-11H,13H2,1-3H3. The van der Waals surface area contributed by atoms with Crippen molar-refractivity contribution in [3.05, 3.63) is 81.6 Å². The second-order valence-electron chi connectivity index (χ2n) is 6.65. The molecule has 1 aromatic heterocycles. The van der Waals surface area contributed by atoms with Crippen LogP contribution in [0.3, 0.4) is 0 Å². The van der Waals surface area contributed by atoms with Gasteiger partial charge in [0.05, 0.1) is 29.1 Å². The summed E-state index contributed by atoms with van der Waals surface area (Å²) in [5, 5.41) is 14.1. The number of anilines is 1. The smallest absolute Gasteiger partial charge is 0.299 e. The molecule has 0 saturated carbocycles. The molecule has 0 aliphatic carbocycles. The van der Waals surface area contributed by atoms with E-state index in [9.17, 15) is 14.9 Å². The number of hydrogen-bond acceptors (Lipinski definition) is 4. The SMILES string of the molecule is Cc1nn(C)c(C)c1C(=O)C(=O)N(Cc1ccccc1)c1cc(Cl)ccc1C#N. The predicted molar refractivity (Wildman–Crippen MR) is 111 cm³/mol. The van der Waals surface area contributed by atoms with Crippen LogP contribution in [0.15, 0.2) is 48.5 Å². The van der Waals surface area contributed by atoms with Crippen molar-refractivity contribution in [2.24, 2.45) is 7.05 Å². The van der Waals surface area contributed by atoms with E-state index in [1.807, 2.05) is 30.3 Å². The molecule has 29 heavy (non-hydrogen) atoms. The minimum absolute atomic E-state index is 0.124. The van der Waals surface area contributed by atoms with E-state index in [2.05, 4.69) is 11.2 Å². The lowest BCUT2D eigenvalue weighted by Gasteiger charge is -2.23. The van der Waals surface area contributed by atoms with Crippen molar-refractivity contribution in [3.8, 4) is 6.07 Å². The van der Waals surface area contributed by atoms with Crippen molar-refractivity contribution < 1.29 is 9.59 Å². The van der Waals surface area contributed by atoms with Crippen LogP contribution in [-0.2, 0) is 18.4 Å². The lowest BCUT2D eigenvalue weighted by atomic mass is 10.1. The van der Waals surface area contributed by atoms with Gasteiger partial charge in [-0.05, 0) is 37.6 Å². The first kappa shape index (κ1) is 20.3. The fourth-order valence-electron chi connectivity index (χ4n) is 3.19. The zero-order valence-corrected chi connectivity index (χ0v) is 17.1. The molecular weight excluding hydrogens is 388 g/mol. The maximum Gasteiger partial charge on any atom is 0.299 e. The molecule has 0 N–H and O–H groups in total. The number of nitrogens with zero attached hydrogens (tertiary/aromatic N) is 4. The van der Waals surface area contributed by atoms with E-state index >= 15 is 0 Å². The van der Waals surface area contributed by atoms with Crippen LogP contribution in [0.2, 0.25) is 5.02 Å². The Kier molecular flexibility index (Phi) is 5.81. The Balaban J connectivity index is 2.10. The number of benzene rings is 2. The number of aryl methyl sites for hydroxylation is 2. The molecule has 0 radical (unpaired) electrons. The molecule has 1 amide bonds. The van der Waals surface area contributed by atoms with Gasteiger partial charge in [-0.25, -0.2) is 0 Å². The molecule has 7 heteroatoms. The molecule has 0 bridgehead atoms. The molecule has 3 aromatic rings. The number of amides is 1. The number of carbonyl (C=O) groups is 2. The molecule has 146 valence electrons. The summed E-state index contributed by atoms with van der Waals surface area (Å²) >= 11 is 6.13. The van der Waals surface area contributed by atoms with Gasteiger partial charge >= 0.3 is 0 Å². The minimum atomic E-state index is -0.744. The van der Waals surface area contributed by atoms with Crippen molar-refractivity contribution in [1.82, 2.24) is 9.78 Å². The van der Waals surface area contributed by atoms with Crippen LogP contribution in [0.4, 0.5) is 5.69 Å². The molecule has 0 aliphatic heterocycles. The monoisotopic (exact) mass is 406 g/mol. The minimum Gasteiger partial charge on any atom is -0.300 e. The second kappa shape index (κ2) is 8.29. The average Bonchev–Trinajstić information content (AvgIpc) is 2.97. The first-order valence-corrected chi connectivity index (χ1v) is 9.31. The normalized spacial score (nSPS) is 10.4. The van der Waals surface area contributed by atoms with E-state index in [0.29, 0.717) is 22.1 Å². The van der Waals surface area contributed by atoms with Crippen molar-refractivity contribution in [1.29, 1.82) is 5.26 Å². The van der Waals surface area contributed by atoms with E-state index in [0.717, 1.165) is 5.56 Å². The van der Waals surface area contributed by atoms with Gasteiger partial charge in [0.15, 0.2) is 0 Å². The van der Waals surface area contributed by atoms with Crippen LogP contribution in [0.5, 0.6) is 0 Å². The second-order valence-corrected chi connectivity index (χ2v) is 7.09. The highest BCUT2D eigenvalue weighted by Gasteiger charge is 2.30. The zero-order chi connectivity index (χ0) is 21.1. The Morgan fingerprint density at radius 3 is 2.45 bits per heavy atom. The Bertz CT molecular complexity index is 1130. The molecule has 0 atom stereocenters. The quantitative estimate of drug-likeness (QED) is 0.474. The van der Waals surface area contributed by atoms with Gasteiger partial charge in [0.1, 0.15) is 6.07 Å². The molecular formula is C22H19ClN4O2. The highest BCUT2D eigenvalue weighted by Crippen LogP contribution is 2.27. The Morgan fingerprint density at radius 1 is 1.17 bits per heavy atom. The van der Waals surface area contributed by atoms with Gasteiger partial charge in [0.2, 0.25) is 0 Å². The van der Waals surface area contributed by atoms with Crippen molar-refractivity contribution in [2.45, 2.75) is 20.4 Å². The number of ketones is 1. The molecule has 0 spiro atoms. The molecule has 0 unspecified atom stereocenters. The highest BCUT2D eigenvalue weighted by molar-refractivity contribution is 6.47. The molecule has 2 aromatic carbocycles.